The van der Waals surface area contributed by atoms with Crippen LogP contribution in [0, 0.1) is 0 Å². The van der Waals surface area contributed by atoms with Gasteiger partial charge < -0.3 is 14.4 Å². The molecule has 0 saturated carbocycles. The number of aromatic nitrogens is 3. The number of ether oxygens (including phenoxy) is 2. The Hall–Kier alpha value is -2.41. The van der Waals surface area contributed by atoms with Crippen molar-refractivity contribution in [3.05, 3.63) is 30.1 Å². The van der Waals surface area contributed by atoms with E-state index in [1.165, 1.54) is 0 Å². The molecule has 0 aliphatic carbocycles. The van der Waals surface area contributed by atoms with Crippen molar-refractivity contribution >= 4 is 5.91 Å². The van der Waals surface area contributed by atoms with Crippen LogP contribution in [0.15, 0.2) is 24.3 Å². The predicted octanol–water partition coefficient (Wildman–Crippen LogP) is 1.50. The van der Waals surface area contributed by atoms with Crippen LogP contribution in [0.2, 0.25) is 0 Å². The first-order valence-corrected chi connectivity index (χ1v) is 7.51. The average Bonchev–Trinajstić information content (AvgIpc) is 3.01. The van der Waals surface area contributed by atoms with Crippen LogP contribution in [0.5, 0.6) is 5.75 Å². The van der Waals surface area contributed by atoms with Crippen LogP contribution in [0.3, 0.4) is 0 Å². The second-order valence-corrected chi connectivity index (χ2v) is 5.47. The molecule has 1 amide bonds. The van der Waals surface area contributed by atoms with E-state index < -0.39 is 0 Å². The SMILES string of the molecule is COCCN1Cc2nnc(-c3cccc(OC)c3)n2[C@@H](C)C1=O. The summed E-state index contributed by atoms with van der Waals surface area (Å²) in [5.74, 6) is 2.27. The molecule has 3 rings (SSSR count). The van der Waals surface area contributed by atoms with Crippen LogP contribution < -0.4 is 4.74 Å². The van der Waals surface area contributed by atoms with Crippen LogP contribution in [0.1, 0.15) is 18.8 Å². The predicted molar refractivity (Wildman–Crippen MR) is 84.0 cm³/mol. The van der Waals surface area contributed by atoms with Crippen molar-refractivity contribution in [2.45, 2.75) is 19.5 Å². The quantitative estimate of drug-likeness (QED) is 0.836. The number of benzene rings is 1. The van der Waals surface area contributed by atoms with Gasteiger partial charge in [-0.3, -0.25) is 9.36 Å². The van der Waals surface area contributed by atoms with Gasteiger partial charge in [-0.1, -0.05) is 12.1 Å². The molecule has 1 aliphatic heterocycles. The molecule has 1 aromatic carbocycles. The van der Waals surface area contributed by atoms with E-state index in [9.17, 15) is 4.79 Å². The molecule has 1 aliphatic rings. The fourth-order valence-corrected chi connectivity index (χ4v) is 2.81. The van der Waals surface area contributed by atoms with Crippen molar-refractivity contribution < 1.29 is 14.3 Å². The highest BCUT2D eigenvalue weighted by Crippen LogP contribution is 2.29. The molecule has 7 heteroatoms. The van der Waals surface area contributed by atoms with Crippen molar-refractivity contribution in [2.24, 2.45) is 0 Å². The van der Waals surface area contributed by atoms with E-state index in [0.29, 0.717) is 25.5 Å². The zero-order chi connectivity index (χ0) is 16.4. The van der Waals surface area contributed by atoms with Crippen molar-refractivity contribution in [3.8, 4) is 17.1 Å². The summed E-state index contributed by atoms with van der Waals surface area (Å²) in [5, 5.41) is 8.56. The summed E-state index contributed by atoms with van der Waals surface area (Å²) < 4.78 is 12.2. The average molecular weight is 316 g/mol. The molecule has 0 saturated heterocycles. The Bertz CT molecular complexity index is 713. The van der Waals surface area contributed by atoms with E-state index in [1.54, 1.807) is 19.1 Å². The number of fused-ring (bicyclic) bond motifs is 1. The second-order valence-electron chi connectivity index (χ2n) is 5.47. The Morgan fingerprint density at radius 2 is 2.13 bits per heavy atom. The molecule has 23 heavy (non-hydrogen) atoms. The monoisotopic (exact) mass is 316 g/mol. The van der Waals surface area contributed by atoms with Gasteiger partial charge in [0.05, 0.1) is 20.3 Å². The van der Waals surface area contributed by atoms with E-state index in [0.717, 1.165) is 17.1 Å². The van der Waals surface area contributed by atoms with Crippen molar-refractivity contribution in [3.63, 3.8) is 0 Å². The Balaban J connectivity index is 1.96. The number of carbonyl (C=O) groups is 1. The first-order valence-electron chi connectivity index (χ1n) is 7.51. The van der Waals surface area contributed by atoms with Gasteiger partial charge in [0.15, 0.2) is 11.6 Å². The minimum Gasteiger partial charge on any atom is -0.497 e. The second kappa shape index (κ2) is 6.37. The lowest BCUT2D eigenvalue weighted by molar-refractivity contribution is -0.137. The Labute approximate surface area is 134 Å². The van der Waals surface area contributed by atoms with Gasteiger partial charge in [-0.05, 0) is 19.1 Å². The number of rotatable bonds is 5. The van der Waals surface area contributed by atoms with Gasteiger partial charge >= 0.3 is 0 Å². The number of hydrogen-bond donors (Lipinski definition) is 0. The summed E-state index contributed by atoms with van der Waals surface area (Å²) in [7, 11) is 3.25. The number of methoxy groups -OCH3 is 2. The fraction of sp³-hybridized carbons (Fsp3) is 0.438. The molecule has 0 N–H and O–H groups in total. The number of hydrogen-bond acceptors (Lipinski definition) is 5. The zero-order valence-corrected chi connectivity index (χ0v) is 13.5. The molecular weight excluding hydrogens is 296 g/mol. The molecule has 0 fully saturated rings. The maximum Gasteiger partial charge on any atom is 0.245 e. The van der Waals surface area contributed by atoms with Gasteiger partial charge in [0.2, 0.25) is 5.91 Å². The first kappa shape index (κ1) is 15.5. The molecule has 2 heterocycles. The van der Waals surface area contributed by atoms with E-state index in [2.05, 4.69) is 10.2 Å². The van der Waals surface area contributed by atoms with Crippen molar-refractivity contribution in [2.75, 3.05) is 27.4 Å². The topological polar surface area (TPSA) is 69.5 Å². The van der Waals surface area contributed by atoms with Crippen molar-refractivity contribution in [1.29, 1.82) is 0 Å². The first-order chi connectivity index (χ1) is 11.2. The van der Waals surface area contributed by atoms with E-state index >= 15 is 0 Å². The number of carbonyl (C=O) groups excluding carboxylic acids is 1. The summed E-state index contributed by atoms with van der Waals surface area (Å²) in [6.07, 6.45) is 0. The van der Waals surface area contributed by atoms with Crippen LogP contribution in [-0.4, -0.2) is 52.9 Å². The van der Waals surface area contributed by atoms with Gasteiger partial charge in [0.25, 0.3) is 0 Å². The summed E-state index contributed by atoms with van der Waals surface area (Å²) in [4.78, 5) is 14.3. The smallest absolute Gasteiger partial charge is 0.245 e. The number of nitrogens with zero attached hydrogens (tertiary/aromatic N) is 4. The molecule has 1 aromatic heterocycles. The van der Waals surface area contributed by atoms with Gasteiger partial charge in [-0.15, -0.1) is 10.2 Å². The Kier molecular flexibility index (Phi) is 4.29. The minimum absolute atomic E-state index is 0.0542. The van der Waals surface area contributed by atoms with Crippen LogP contribution in [0.4, 0.5) is 0 Å². The van der Waals surface area contributed by atoms with Crippen molar-refractivity contribution in [1.82, 2.24) is 19.7 Å². The maximum absolute atomic E-state index is 12.6. The standard InChI is InChI=1S/C16H20N4O3/c1-11-16(21)19(7-8-22-2)10-14-17-18-15(20(11)14)12-5-4-6-13(9-12)23-3/h4-6,9,11H,7-8,10H2,1-3H3/t11-/m0/s1. The number of amides is 1. The largest absolute Gasteiger partial charge is 0.497 e. The summed E-state index contributed by atoms with van der Waals surface area (Å²) in [6.45, 7) is 3.39. The van der Waals surface area contributed by atoms with Gasteiger partial charge in [-0.2, -0.15) is 0 Å². The Morgan fingerprint density at radius 3 is 2.87 bits per heavy atom. The zero-order valence-electron chi connectivity index (χ0n) is 13.5. The molecule has 0 radical (unpaired) electrons. The van der Waals surface area contributed by atoms with E-state index in [4.69, 9.17) is 9.47 Å². The van der Waals surface area contributed by atoms with Gasteiger partial charge in [0, 0.05) is 19.2 Å². The Morgan fingerprint density at radius 1 is 1.30 bits per heavy atom. The van der Waals surface area contributed by atoms with Crippen LogP contribution in [0.25, 0.3) is 11.4 Å². The maximum atomic E-state index is 12.6. The molecule has 2 aromatic rings. The third kappa shape index (κ3) is 2.79. The van der Waals surface area contributed by atoms with E-state index in [1.807, 2.05) is 35.8 Å². The minimum atomic E-state index is -0.341. The highest BCUT2D eigenvalue weighted by Gasteiger charge is 2.33. The highest BCUT2D eigenvalue weighted by atomic mass is 16.5. The summed E-state index contributed by atoms with van der Waals surface area (Å²) in [6, 6.07) is 7.26. The lowest BCUT2D eigenvalue weighted by atomic mass is 10.1. The normalized spacial score (nSPS) is 17.3. The van der Waals surface area contributed by atoms with Crippen LogP contribution >= 0.6 is 0 Å². The van der Waals surface area contributed by atoms with Crippen LogP contribution in [-0.2, 0) is 16.1 Å². The lowest BCUT2D eigenvalue weighted by Crippen LogP contribution is -2.43. The molecule has 7 nitrogen and oxygen atoms in total. The summed E-state index contributed by atoms with van der Waals surface area (Å²) in [5.41, 5.74) is 0.882. The molecule has 122 valence electrons. The third-order valence-corrected chi connectivity index (χ3v) is 4.05. The molecule has 0 bridgehead atoms. The highest BCUT2D eigenvalue weighted by molar-refractivity contribution is 5.82. The molecule has 1 atom stereocenters. The van der Waals surface area contributed by atoms with Gasteiger partial charge in [0.1, 0.15) is 11.8 Å². The molecule has 0 unspecified atom stereocenters. The summed E-state index contributed by atoms with van der Waals surface area (Å²) >= 11 is 0. The van der Waals surface area contributed by atoms with E-state index in [-0.39, 0.29) is 11.9 Å². The fourth-order valence-electron chi connectivity index (χ4n) is 2.81. The molecule has 0 spiro atoms. The third-order valence-electron chi connectivity index (χ3n) is 4.05. The lowest BCUT2D eigenvalue weighted by Gasteiger charge is -2.31. The van der Waals surface area contributed by atoms with Gasteiger partial charge in [-0.25, -0.2) is 0 Å². The molecular formula is C16H20N4O3.